The Balaban J connectivity index is 1.51. The Hall–Kier alpha value is -3.78. The van der Waals surface area contributed by atoms with Gasteiger partial charge >= 0.3 is 6.36 Å². The van der Waals surface area contributed by atoms with Gasteiger partial charge in [0.05, 0.1) is 13.2 Å². The third-order valence-corrected chi connectivity index (χ3v) is 5.84. The van der Waals surface area contributed by atoms with Crippen molar-refractivity contribution >= 4 is 16.6 Å². The Bertz CT molecular complexity index is 1300. The minimum atomic E-state index is -4.74. The van der Waals surface area contributed by atoms with Crippen molar-refractivity contribution in [2.45, 2.75) is 38.3 Å². The van der Waals surface area contributed by atoms with E-state index in [9.17, 15) is 18.3 Å². The molecule has 4 aromatic rings. The van der Waals surface area contributed by atoms with Crippen LogP contribution in [0.3, 0.4) is 0 Å². The van der Waals surface area contributed by atoms with E-state index in [4.69, 9.17) is 9.82 Å². The maximum absolute atomic E-state index is 12.5. The summed E-state index contributed by atoms with van der Waals surface area (Å²) in [6, 6.07) is 20.8. The molecule has 180 valence electrons. The van der Waals surface area contributed by atoms with Gasteiger partial charge in [-0.1, -0.05) is 48.5 Å². The van der Waals surface area contributed by atoms with E-state index >= 15 is 0 Å². The molecule has 0 aliphatic heterocycles. The summed E-state index contributed by atoms with van der Waals surface area (Å²) >= 11 is 0. The Kier molecular flexibility index (Phi) is 6.21. The first kappa shape index (κ1) is 23.0. The quantitative estimate of drug-likeness (QED) is 0.292. The number of alkyl halides is 3. The van der Waals surface area contributed by atoms with Gasteiger partial charge in [0.1, 0.15) is 5.75 Å². The smallest absolute Gasteiger partial charge is 0.406 e. The molecule has 8 heteroatoms. The standard InChI is InChI=1S/C27H23F3N2O3/c28-27(29,30)34-22-11-5-18(6-12-22)16-32(35-23-13-7-19(17-33)8-14-23)26-25(20-9-10-20)24-4-2-1-3-21(24)15-31-26/h1-8,11-15,20,33H,9-10,16-17H2. The molecule has 35 heavy (non-hydrogen) atoms. The fourth-order valence-corrected chi connectivity index (χ4v) is 4.04. The molecule has 1 N–H and O–H groups in total. The van der Waals surface area contributed by atoms with Gasteiger partial charge in [-0.15, -0.1) is 13.2 Å². The van der Waals surface area contributed by atoms with Crippen molar-refractivity contribution in [3.63, 3.8) is 0 Å². The fraction of sp³-hybridized carbons (Fsp3) is 0.222. The van der Waals surface area contributed by atoms with Crippen LogP contribution in [0.25, 0.3) is 10.8 Å². The van der Waals surface area contributed by atoms with Crippen molar-refractivity contribution in [2.24, 2.45) is 0 Å². The largest absolute Gasteiger partial charge is 0.573 e. The number of aliphatic hydroxyl groups is 1. The number of halogens is 3. The van der Waals surface area contributed by atoms with Crippen LogP contribution in [-0.2, 0) is 13.2 Å². The van der Waals surface area contributed by atoms with E-state index in [1.54, 1.807) is 41.5 Å². The molecule has 1 saturated carbocycles. The zero-order valence-corrected chi connectivity index (χ0v) is 18.7. The molecule has 1 aromatic heterocycles. The van der Waals surface area contributed by atoms with Crippen molar-refractivity contribution in [3.05, 3.63) is 95.7 Å². The van der Waals surface area contributed by atoms with Gasteiger partial charge in [0.2, 0.25) is 0 Å². The molecule has 3 aromatic carbocycles. The molecule has 5 rings (SSSR count). The zero-order valence-electron chi connectivity index (χ0n) is 18.7. The van der Waals surface area contributed by atoms with Crippen LogP contribution in [0.4, 0.5) is 19.0 Å². The number of ether oxygens (including phenoxy) is 1. The van der Waals surface area contributed by atoms with Gasteiger partial charge in [0.25, 0.3) is 0 Å². The van der Waals surface area contributed by atoms with Crippen molar-refractivity contribution in [1.29, 1.82) is 0 Å². The second-order valence-corrected chi connectivity index (χ2v) is 8.48. The Morgan fingerprint density at radius 2 is 1.54 bits per heavy atom. The third-order valence-electron chi connectivity index (χ3n) is 5.84. The summed E-state index contributed by atoms with van der Waals surface area (Å²) in [5, 5.41) is 13.2. The average Bonchev–Trinajstić information content (AvgIpc) is 3.69. The molecule has 1 heterocycles. The highest BCUT2D eigenvalue weighted by atomic mass is 19.4. The second kappa shape index (κ2) is 9.46. The van der Waals surface area contributed by atoms with Crippen LogP contribution < -0.4 is 14.6 Å². The highest BCUT2D eigenvalue weighted by Crippen LogP contribution is 2.47. The van der Waals surface area contributed by atoms with Crippen molar-refractivity contribution in [2.75, 3.05) is 5.06 Å². The lowest BCUT2D eigenvalue weighted by atomic mass is 10.0. The molecule has 1 aliphatic rings. The molecule has 0 atom stereocenters. The van der Waals surface area contributed by atoms with Crippen LogP contribution in [0.2, 0.25) is 0 Å². The lowest BCUT2D eigenvalue weighted by Crippen LogP contribution is -2.29. The molecule has 0 unspecified atom stereocenters. The number of hydrogen-bond acceptors (Lipinski definition) is 5. The first-order valence-corrected chi connectivity index (χ1v) is 11.3. The molecular formula is C27H23F3N2O3. The lowest BCUT2D eigenvalue weighted by Gasteiger charge is -2.26. The first-order valence-electron chi connectivity index (χ1n) is 11.3. The maximum Gasteiger partial charge on any atom is 0.573 e. The number of anilines is 1. The van der Waals surface area contributed by atoms with Gasteiger partial charge in [0.15, 0.2) is 11.6 Å². The molecule has 0 radical (unpaired) electrons. The van der Waals surface area contributed by atoms with E-state index in [0.29, 0.717) is 17.5 Å². The summed E-state index contributed by atoms with van der Waals surface area (Å²) in [5.74, 6) is 1.31. The van der Waals surface area contributed by atoms with Crippen LogP contribution in [0.15, 0.2) is 79.0 Å². The van der Waals surface area contributed by atoms with Crippen molar-refractivity contribution in [3.8, 4) is 11.5 Å². The fourth-order valence-electron chi connectivity index (χ4n) is 4.04. The van der Waals surface area contributed by atoms with Crippen molar-refractivity contribution in [1.82, 2.24) is 4.98 Å². The molecule has 1 fully saturated rings. The summed E-state index contributed by atoms with van der Waals surface area (Å²) in [4.78, 5) is 11.0. The second-order valence-electron chi connectivity index (χ2n) is 8.48. The number of hydroxylamine groups is 1. The van der Waals surface area contributed by atoms with Gasteiger partial charge in [-0.05, 0) is 59.5 Å². The normalized spacial score (nSPS) is 13.6. The average molecular weight is 480 g/mol. The molecule has 0 amide bonds. The zero-order chi connectivity index (χ0) is 24.4. The first-order chi connectivity index (χ1) is 16.9. The topological polar surface area (TPSA) is 54.8 Å². The number of pyridine rings is 1. The van der Waals surface area contributed by atoms with E-state index < -0.39 is 6.36 Å². The predicted molar refractivity (Wildman–Crippen MR) is 126 cm³/mol. The highest BCUT2D eigenvalue weighted by molar-refractivity contribution is 5.89. The summed E-state index contributed by atoms with van der Waals surface area (Å²) in [6.07, 6.45) is -0.815. The van der Waals surface area contributed by atoms with E-state index in [0.717, 1.165) is 40.3 Å². The van der Waals surface area contributed by atoms with E-state index in [2.05, 4.69) is 10.8 Å². The predicted octanol–water partition coefficient (Wildman–Crippen LogP) is 6.50. The van der Waals surface area contributed by atoms with Crippen LogP contribution in [0.1, 0.15) is 35.4 Å². The van der Waals surface area contributed by atoms with Crippen LogP contribution in [0, 0.1) is 0 Å². The third kappa shape index (κ3) is 5.49. The van der Waals surface area contributed by atoms with Gasteiger partial charge in [0, 0.05) is 17.1 Å². The summed E-state index contributed by atoms with van der Waals surface area (Å²) in [5.41, 5.74) is 2.59. The van der Waals surface area contributed by atoms with E-state index in [1.807, 2.05) is 24.4 Å². The Labute approximate surface area is 200 Å². The van der Waals surface area contributed by atoms with Crippen molar-refractivity contribution < 1.29 is 27.9 Å². The number of nitrogens with zero attached hydrogens (tertiary/aromatic N) is 2. The molecule has 5 nitrogen and oxygen atoms in total. The van der Waals surface area contributed by atoms with Gasteiger partial charge in [-0.2, -0.15) is 5.06 Å². The Morgan fingerprint density at radius 1 is 0.886 bits per heavy atom. The minimum absolute atomic E-state index is 0.0750. The summed E-state index contributed by atoms with van der Waals surface area (Å²) < 4.78 is 41.6. The van der Waals surface area contributed by atoms with Gasteiger partial charge in [-0.25, -0.2) is 4.98 Å². The minimum Gasteiger partial charge on any atom is -0.406 e. The number of fused-ring (bicyclic) bond motifs is 1. The van der Waals surface area contributed by atoms with Gasteiger partial charge < -0.3 is 14.7 Å². The van der Waals surface area contributed by atoms with E-state index in [-0.39, 0.29) is 18.9 Å². The lowest BCUT2D eigenvalue weighted by molar-refractivity contribution is -0.274. The number of aliphatic hydroxyl groups excluding tert-OH is 1. The summed E-state index contributed by atoms with van der Waals surface area (Å²) in [7, 11) is 0. The number of benzene rings is 3. The molecule has 0 bridgehead atoms. The Morgan fingerprint density at radius 3 is 2.20 bits per heavy atom. The van der Waals surface area contributed by atoms with Gasteiger partial charge in [-0.3, -0.25) is 0 Å². The molecule has 0 saturated heterocycles. The number of rotatable bonds is 8. The van der Waals surface area contributed by atoms with Crippen LogP contribution >= 0.6 is 0 Å². The monoisotopic (exact) mass is 480 g/mol. The molecule has 1 aliphatic carbocycles. The summed E-state index contributed by atoms with van der Waals surface area (Å²) in [6.45, 7) is 0.174. The number of hydrogen-bond donors (Lipinski definition) is 1. The SMILES string of the molecule is OCc1ccc(ON(Cc2ccc(OC(F)(F)F)cc2)c2ncc3ccccc3c2C2CC2)cc1. The maximum atomic E-state index is 12.5. The highest BCUT2D eigenvalue weighted by Gasteiger charge is 2.32. The number of aromatic nitrogens is 1. The van der Waals surface area contributed by atoms with E-state index in [1.165, 1.54) is 12.1 Å². The molecular weight excluding hydrogens is 457 g/mol. The molecule has 0 spiro atoms. The van der Waals surface area contributed by atoms with Crippen LogP contribution in [-0.4, -0.2) is 16.5 Å². The van der Waals surface area contributed by atoms with Crippen LogP contribution in [0.5, 0.6) is 11.5 Å².